The third-order valence-corrected chi connectivity index (χ3v) is 6.61. The predicted molar refractivity (Wildman–Crippen MR) is 140 cm³/mol. The number of alkyl halides is 2. The van der Waals surface area contributed by atoms with E-state index >= 15 is 0 Å². The van der Waals surface area contributed by atoms with Gasteiger partial charge >= 0.3 is 0 Å². The quantitative estimate of drug-likeness (QED) is 0.226. The van der Waals surface area contributed by atoms with Crippen molar-refractivity contribution in [1.29, 1.82) is 0 Å². The van der Waals surface area contributed by atoms with Crippen LogP contribution in [0, 0.1) is 6.92 Å². The van der Waals surface area contributed by atoms with Gasteiger partial charge in [-0.2, -0.15) is 0 Å². The average molecular weight is 536 g/mol. The van der Waals surface area contributed by atoms with Crippen molar-refractivity contribution in [3.05, 3.63) is 58.1 Å². The van der Waals surface area contributed by atoms with Crippen LogP contribution in [-0.2, 0) is 23.8 Å². The van der Waals surface area contributed by atoms with Gasteiger partial charge in [0.15, 0.2) is 0 Å². The highest BCUT2D eigenvalue weighted by Crippen LogP contribution is 2.33. The van der Waals surface area contributed by atoms with Gasteiger partial charge in [0.05, 0.1) is 18.8 Å². The highest BCUT2D eigenvalue weighted by molar-refractivity contribution is 6.32. The van der Waals surface area contributed by atoms with Crippen molar-refractivity contribution in [1.82, 2.24) is 19.8 Å². The van der Waals surface area contributed by atoms with Crippen molar-refractivity contribution < 1.29 is 18.4 Å². The Morgan fingerprint density at radius 1 is 1.38 bits per heavy atom. The molecule has 1 aromatic carbocycles. The summed E-state index contributed by atoms with van der Waals surface area (Å²) in [6, 6.07) is 1.90. The van der Waals surface area contributed by atoms with Crippen LogP contribution in [0.1, 0.15) is 53.9 Å². The number of nitrogens with zero attached hydrogens (tertiary/aromatic N) is 4. The number of carbonyl (C=O) groups is 2. The van der Waals surface area contributed by atoms with E-state index in [0.717, 1.165) is 16.5 Å². The number of aryl methyl sites for hydroxylation is 1. The molecule has 2 amide bonds. The molecule has 1 aromatic heterocycles. The van der Waals surface area contributed by atoms with Crippen molar-refractivity contribution in [2.24, 2.45) is 17.8 Å². The molecule has 1 aliphatic rings. The zero-order chi connectivity index (χ0) is 27.9. The van der Waals surface area contributed by atoms with Crippen LogP contribution in [0.4, 0.5) is 14.5 Å². The standard InChI is InChI=1S/C25H32ClF2N7O2/c1-7-20(36)35-11-18(25(27,28)12-35)33-23(37)21-13(2)32-19(34(21)6)10-31-22(30)14-8-15(24(3,4)5)16(26)9-17(14)29/h7-9,18H,1,10-12,29H2,2-6H3,(H2,30,31)(H,33,37). The number of imidazole rings is 1. The van der Waals surface area contributed by atoms with E-state index < -0.39 is 30.3 Å². The van der Waals surface area contributed by atoms with Gasteiger partial charge in [0, 0.05) is 29.9 Å². The lowest BCUT2D eigenvalue weighted by Gasteiger charge is -2.22. The summed E-state index contributed by atoms with van der Waals surface area (Å²) in [4.78, 5) is 34.4. The Morgan fingerprint density at radius 3 is 2.62 bits per heavy atom. The number of benzene rings is 1. The minimum atomic E-state index is -3.28. The maximum Gasteiger partial charge on any atom is 0.286 e. The minimum absolute atomic E-state index is 0.0184. The van der Waals surface area contributed by atoms with Crippen LogP contribution < -0.4 is 16.8 Å². The van der Waals surface area contributed by atoms with E-state index in [4.69, 9.17) is 23.1 Å². The molecule has 2 heterocycles. The van der Waals surface area contributed by atoms with Gasteiger partial charge in [-0.3, -0.25) is 14.6 Å². The largest absolute Gasteiger partial charge is 0.398 e. The summed E-state index contributed by atoms with van der Waals surface area (Å²) in [6.45, 7) is 9.86. The van der Waals surface area contributed by atoms with Crippen molar-refractivity contribution in [2.45, 2.75) is 51.6 Å². The molecule has 12 heteroatoms. The number of nitrogens with one attached hydrogen (secondary N) is 1. The summed E-state index contributed by atoms with van der Waals surface area (Å²) < 4.78 is 30.4. The van der Waals surface area contributed by atoms with Gasteiger partial charge in [-0.15, -0.1) is 0 Å². The van der Waals surface area contributed by atoms with Crippen LogP contribution >= 0.6 is 11.6 Å². The normalized spacial score (nSPS) is 17.7. The van der Waals surface area contributed by atoms with Crippen LogP contribution in [0.3, 0.4) is 0 Å². The Balaban J connectivity index is 1.82. The first-order chi connectivity index (χ1) is 17.1. The molecule has 2 aromatic rings. The third-order valence-electron chi connectivity index (χ3n) is 6.30. The molecule has 1 atom stereocenters. The molecule has 37 heavy (non-hydrogen) atoms. The van der Waals surface area contributed by atoms with Crippen LogP contribution in [0.25, 0.3) is 0 Å². The van der Waals surface area contributed by atoms with Gasteiger partial charge in [-0.1, -0.05) is 39.0 Å². The Kier molecular flexibility index (Phi) is 7.69. The lowest BCUT2D eigenvalue weighted by Crippen LogP contribution is -2.47. The Hall–Kier alpha value is -3.47. The van der Waals surface area contributed by atoms with Crippen LogP contribution in [0.15, 0.2) is 29.8 Å². The fourth-order valence-corrected chi connectivity index (χ4v) is 4.69. The number of halogens is 3. The monoisotopic (exact) mass is 535 g/mol. The summed E-state index contributed by atoms with van der Waals surface area (Å²) in [7, 11) is 1.59. The zero-order valence-electron chi connectivity index (χ0n) is 21.5. The maximum atomic E-state index is 14.5. The molecule has 1 saturated heterocycles. The number of amidine groups is 1. The molecule has 9 nitrogen and oxygen atoms in total. The van der Waals surface area contributed by atoms with Gasteiger partial charge < -0.3 is 26.3 Å². The topological polar surface area (TPSA) is 132 Å². The molecule has 1 unspecified atom stereocenters. The van der Waals surface area contributed by atoms with E-state index in [0.29, 0.717) is 27.8 Å². The SMILES string of the molecule is C=CC(=O)N1CC(NC(=O)c2c(C)nc(CN=C(N)c3cc(C(C)(C)C)c(Cl)cc3N)n2C)C(F)(F)C1. The number of aromatic nitrogens is 2. The van der Waals surface area contributed by atoms with Gasteiger partial charge in [0.2, 0.25) is 5.91 Å². The number of amides is 2. The molecule has 200 valence electrons. The third kappa shape index (κ3) is 5.76. The van der Waals surface area contributed by atoms with Crippen molar-refractivity contribution in [3.8, 4) is 0 Å². The first-order valence-electron chi connectivity index (χ1n) is 11.6. The summed E-state index contributed by atoms with van der Waals surface area (Å²) in [5, 5.41) is 2.88. The van der Waals surface area contributed by atoms with E-state index in [1.807, 2.05) is 20.8 Å². The van der Waals surface area contributed by atoms with Crippen molar-refractivity contribution in [3.63, 3.8) is 0 Å². The molecule has 5 N–H and O–H groups in total. The molecule has 0 saturated carbocycles. The number of carbonyl (C=O) groups excluding carboxylic acids is 2. The number of anilines is 1. The molecule has 1 aliphatic heterocycles. The van der Waals surface area contributed by atoms with Gasteiger partial charge in [0.25, 0.3) is 11.8 Å². The molecule has 0 radical (unpaired) electrons. The summed E-state index contributed by atoms with van der Waals surface area (Å²) >= 11 is 6.36. The highest BCUT2D eigenvalue weighted by Gasteiger charge is 2.50. The fraction of sp³-hybridized carbons (Fsp3) is 0.440. The van der Waals surface area contributed by atoms with Crippen LogP contribution in [0.2, 0.25) is 5.02 Å². The second-order valence-corrected chi connectivity index (χ2v) is 10.5. The number of rotatable bonds is 6. The van der Waals surface area contributed by atoms with Gasteiger partial charge in [-0.25, -0.2) is 13.8 Å². The Bertz CT molecular complexity index is 1280. The van der Waals surface area contributed by atoms with Gasteiger partial charge in [0.1, 0.15) is 23.4 Å². The summed E-state index contributed by atoms with van der Waals surface area (Å²) in [5.41, 5.74) is 14.3. The van der Waals surface area contributed by atoms with Gasteiger partial charge in [-0.05, 0) is 36.1 Å². The average Bonchev–Trinajstić information content (AvgIpc) is 3.24. The number of likely N-dealkylation sites (tertiary alicyclic amines) is 1. The highest BCUT2D eigenvalue weighted by atomic mass is 35.5. The number of hydrogen-bond acceptors (Lipinski definition) is 5. The maximum absolute atomic E-state index is 14.5. The molecule has 0 bridgehead atoms. The smallest absolute Gasteiger partial charge is 0.286 e. The second kappa shape index (κ2) is 10.1. The molecule has 0 aliphatic carbocycles. The van der Waals surface area contributed by atoms with E-state index in [1.165, 1.54) is 4.57 Å². The number of aliphatic imine (C=N–C) groups is 1. The first kappa shape index (κ1) is 28.1. The van der Waals surface area contributed by atoms with E-state index in [2.05, 4.69) is 21.9 Å². The van der Waals surface area contributed by atoms with E-state index in [1.54, 1.807) is 26.1 Å². The van der Waals surface area contributed by atoms with Crippen molar-refractivity contribution in [2.75, 3.05) is 18.8 Å². The number of hydrogen-bond donors (Lipinski definition) is 3. The predicted octanol–water partition coefficient (Wildman–Crippen LogP) is 2.93. The molecule has 1 fully saturated rings. The Labute approximate surface area is 219 Å². The lowest BCUT2D eigenvalue weighted by molar-refractivity contribution is -0.126. The zero-order valence-corrected chi connectivity index (χ0v) is 22.3. The molecule has 3 rings (SSSR count). The van der Waals surface area contributed by atoms with E-state index in [-0.39, 0.29) is 30.0 Å². The number of nitrogens with two attached hydrogens (primary N) is 2. The number of nitrogen functional groups attached to an aromatic ring is 1. The van der Waals surface area contributed by atoms with Crippen LogP contribution in [0.5, 0.6) is 0 Å². The fourth-order valence-electron chi connectivity index (χ4n) is 4.24. The minimum Gasteiger partial charge on any atom is -0.398 e. The molecular weight excluding hydrogens is 504 g/mol. The summed E-state index contributed by atoms with van der Waals surface area (Å²) in [6.07, 6.45) is 0.964. The summed E-state index contributed by atoms with van der Waals surface area (Å²) in [5.74, 6) is -4.07. The van der Waals surface area contributed by atoms with E-state index in [9.17, 15) is 18.4 Å². The van der Waals surface area contributed by atoms with Crippen LogP contribution in [-0.4, -0.2) is 57.2 Å². The lowest BCUT2D eigenvalue weighted by atomic mass is 9.85. The first-order valence-corrected chi connectivity index (χ1v) is 12.0. The van der Waals surface area contributed by atoms with Crippen molar-refractivity contribution >= 4 is 34.9 Å². The Morgan fingerprint density at radius 2 is 2.03 bits per heavy atom. The molecular formula is C25H32ClF2N7O2. The molecule has 0 spiro atoms. The second-order valence-electron chi connectivity index (χ2n) is 10.1.